The zero-order valence-corrected chi connectivity index (χ0v) is 22.7. The number of nitrogens with zero attached hydrogens (tertiary/aromatic N) is 3. The van der Waals surface area contributed by atoms with Gasteiger partial charge in [0.25, 0.3) is 0 Å². The van der Waals surface area contributed by atoms with Crippen LogP contribution in [0.2, 0.25) is 0 Å². The van der Waals surface area contributed by atoms with Gasteiger partial charge in [0, 0.05) is 57.7 Å². The summed E-state index contributed by atoms with van der Waals surface area (Å²) >= 11 is 0. The molecule has 0 aliphatic carbocycles. The van der Waals surface area contributed by atoms with E-state index in [1.165, 1.54) is 6.92 Å². The van der Waals surface area contributed by atoms with Crippen LogP contribution in [-0.4, -0.2) is 102 Å². The Labute approximate surface area is 224 Å². The second kappa shape index (κ2) is 13.8. The van der Waals surface area contributed by atoms with Crippen LogP contribution in [0.15, 0.2) is 12.1 Å². The zero-order chi connectivity index (χ0) is 27.8. The highest BCUT2D eigenvalue weighted by Crippen LogP contribution is 2.44. The Bertz CT molecular complexity index is 980. The predicted molar refractivity (Wildman–Crippen MR) is 141 cm³/mol. The largest absolute Gasteiger partial charge is 0.481 e. The Balaban J connectivity index is 1.92. The number of carbonyl (C=O) groups is 3. The third kappa shape index (κ3) is 6.95. The van der Waals surface area contributed by atoms with Crippen LogP contribution >= 0.6 is 0 Å². The fraction of sp³-hybridized carbons (Fsp3) is 0.667. The Hall–Kier alpha value is -2.89. The molecule has 1 aromatic rings. The predicted octanol–water partition coefficient (Wildman–Crippen LogP) is 1.22. The van der Waals surface area contributed by atoms with E-state index in [-0.39, 0.29) is 31.8 Å². The summed E-state index contributed by atoms with van der Waals surface area (Å²) in [6, 6.07) is 3.09. The van der Waals surface area contributed by atoms with Crippen molar-refractivity contribution in [3.63, 3.8) is 0 Å². The maximum atomic E-state index is 13.4. The number of likely N-dealkylation sites (tertiary alicyclic amines) is 1. The van der Waals surface area contributed by atoms with Crippen molar-refractivity contribution in [2.75, 3.05) is 53.1 Å². The number of fused-ring (bicyclic) bond motifs is 1. The molecule has 1 aromatic carbocycles. The van der Waals surface area contributed by atoms with E-state index in [0.29, 0.717) is 62.6 Å². The van der Waals surface area contributed by atoms with Crippen LogP contribution < -0.4 is 15.2 Å². The lowest BCUT2D eigenvalue weighted by Gasteiger charge is -2.30. The SMILES string of the molecule is CCCCN(CCCN)C(=O)CN1C[C@H](c2cc(CO)c3c(c2)OCO3)[C@@H](C(=O)O)[C@@H]1CCN(C)C(C)=O. The van der Waals surface area contributed by atoms with E-state index >= 15 is 0 Å². The number of aliphatic carboxylic acids is 1. The maximum Gasteiger partial charge on any atom is 0.308 e. The fourth-order valence-corrected chi connectivity index (χ4v) is 5.38. The number of amides is 2. The molecule has 0 spiro atoms. The Morgan fingerprint density at radius 1 is 1.16 bits per heavy atom. The molecule has 0 radical (unpaired) electrons. The van der Waals surface area contributed by atoms with Crippen LogP contribution in [0.3, 0.4) is 0 Å². The topological polar surface area (TPSA) is 146 Å². The minimum atomic E-state index is -0.963. The molecule has 2 aliphatic rings. The molecule has 0 aromatic heterocycles. The monoisotopic (exact) mass is 534 g/mol. The first-order valence-electron chi connectivity index (χ1n) is 13.4. The second-order valence-electron chi connectivity index (χ2n) is 10.1. The first kappa shape index (κ1) is 29.7. The molecule has 4 N–H and O–H groups in total. The van der Waals surface area contributed by atoms with Gasteiger partial charge in [-0.1, -0.05) is 13.3 Å². The number of aliphatic hydroxyl groups is 1. The van der Waals surface area contributed by atoms with Gasteiger partial charge in [-0.3, -0.25) is 19.3 Å². The van der Waals surface area contributed by atoms with Crippen molar-refractivity contribution in [3.8, 4) is 11.5 Å². The second-order valence-corrected chi connectivity index (χ2v) is 10.1. The first-order valence-corrected chi connectivity index (χ1v) is 13.4. The summed E-state index contributed by atoms with van der Waals surface area (Å²) in [7, 11) is 1.69. The van der Waals surface area contributed by atoms with E-state index < -0.39 is 23.8 Å². The smallest absolute Gasteiger partial charge is 0.308 e. The number of carboxylic acids is 1. The van der Waals surface area contributed by atoms with Crippen LogP contribution in [0.25, 0.3) is 0 Å². The molecule has 2 aliphatic heterocycles. The van der Waals surface area contributed by atoms with Crippen LogP contribution in [0.1, 0.15) is 56.6 Å². The molecule has 2 amide bonds. The number of carbonyl (C=O) groups excluding carboxylic acids is 2. The third-order valence-electron chi connectivity index (χ3n) is 7.61. The minimum absolute atomic E-state index is 0.0375. The quantitative estimate of drug-likeness (QED) is 0.321. The number of ether oxygens (including phenoxy) is 2. The van der Waals surface area contributed by atoms with Gasteiger partial charge in [0.05, 0.1) is 19.1 Å². The summed E-state index contributed by atoms with van der Waals surface area (Å²) in [5.74, 6) is -1.43. The van der Waals surface area contributed by atoms with E-state index in [1.807, 2.05) is 9.80 Å². The molecule has 38 heavy (non-hydrogen) atoms. The molecule has 212 valence electrons. The molecule has 2 heterocycles. The molecule has 11 nitrogen and oxygen atoms in total. The molecular weight excluding hydrogens is 492 g/mol. The highest BCUT2D eigenvalue weighted by molar-refractivity contribution is 5.79. The molecule has 3 atom stereocenters. The van der Waals surface area contributed by atoms with Gasteiger partial charge in [-0.15, -0.1) is 0 Å². The van der Waals surface area contributed by atoms with Gasteiger partial charge in [-0.05, 0) is 43.5 Å². The van der Waals surface area contributed by atoms with Crippen molar-refractivity contribution in [1.29, 1.82) is 0 Å². The van der Waals surface area contributed by atoms with Crippen LogP contribution in [-0.2, 0) is 21.0 Å². The van der Waals surface area contributed by atoms with Crippen molar-refractivity contribution in [3.05, 3.63) is 23.3 Å². The molecule has 1 saturated heterocycles. The number of aliphatic hydroxyl groups excluding tert-OH is 1. The molecule has 1 fully saturated rings. The van der Waals surface area contributed by atoms with Crippen LogP contribution in [0.4, 0.5) is 0 Å². The average molecular weight is 535 g/mol. The summed E-state index contributed by atoms with van der Waals surface area (Å²) < 4.78 is 11.0. The lowest BCUT2D eigenvalue weighted by molar-refractivity contribution is -0.144. The number of hydrogen-bond donors (Lipinski definition) is 3. The zero-order valence-electron chi connectivity index (χ0n) is 22.7. The summed E-state index contributed by atoms with van der Waals surface area (Å²) in [6.45, 7) is 5.80. The molecule has 3 rings (SSSR count). The van der Waals surface area contributed by atoms with Crippen molar-refractivity contribution >= 4 is 17.8 Å². The van der Waals surface area contributed by atoms with E-state index in [9.17, 15) is 24.6 Å². The van der Waals surface area contributed by atoms with Gasteiger partial charge < -0.3 is 35.2 Å². The molecular formula is C27H42N4O7. The van der Waals surface area contributed by atoms with Gasteiger partial charge in [-0.25, -0.2) is 0 Å². The van der Waals surface area contributed by atoms with Crippen molar-refractivity contribution < 1.29 is 34.1 Å². The van der Waals surface area contributed by atoms with Crippen LogP contribution in [0, 0.1) is 5.92 Å². The van der Waals surface area contributed by atoms with Gasteiger partial charge in [0.1, 0.15) is 0 Å². The summed E-state index contributed by atoms with van der Waals surface area (Å²) in [5.41, 5.74) is 6.95. The molecule has 0 saturated carbocycles. The Kier molecular flexibility index (Phi) is 10.7. The normalized spacial score (nSPS) is 20.5. The van der Waals surface area contributed by atoms with E-state index in [1.54, 1.807) is 24.1 Å². The standard InChI is InChI=1S/C27H42N4O7/c1-4-5-9-30(10-6-8-28)24(34)15-31-14-21(19-12-20(16-32)26-23(13-19)37-17-38-26)25(27(35)36)22(31)7-11-29(3)18(2)33/h12-13,21-22,25,32H,4-11,14-17,28H2,1-3H3,(H,35,36)/t21-,22+,25-/m1/s1. The summed E-state index contributed by atoms with van der Waals surface area (Å²) in [5, 5.41) is 20.3. The molecule has 11 heteroatoms. The van der Waals surface area contributed by atoms with Crippen LogP contribution in [0.5, 0.6) is 11.5 Å². The maximum absolute atomic E-state index is 13.4. The van der Waals surface area contributed by atoms with Gasteiger partial charge >= 0.3 is 5.97 Å². The van der Waals surface area contributed by atoms with Gasteiger partial charge in [-0.2, -0.15) is 0 Å². The van der Waals surface area contributed by atoms with Crippen molar-refractivity contribution in [1.82, 2.24) is 14.7 Å². The molecule has 0 unspecified atom stereocenters. The number of hydrogen-bond acceptors (Lipinski definition) is 8. The molecule has 0 bridgehead atoms. The highest BCUT2D eigenvalue weighted by atomic mass is 16.7. The van der Waals surface area contributed by atoms with Crippen molar-refractivity contribution in [2.24, 2.45) is 11.7 Å². The number of nitrogens with two attached hydrogens (primary N) is 1. The fourth-order valence-electron chi connectivity index (χ4n) is 5.38. The minimum Gasteiger partial charge on any atom is -0.481 e. The van der Waals surface area contributed by atoms with E-state index in [0.717, 1.165) is 18.4 Å². The Morgan fingerprint density at radius 3 is 2.53 bits per heavy atom. The summed E-state index contributed by atoms with van der Waals surface area (Å²) in [6.07, 6.45) is 2.94. The van der Waals surface area contributed by atoms with Crippen molar-refractivity contribution in [2.45, 2.75) is 58.1 Å². The average Bonchev–Trinajstić information content (AvgIpc) is 3.51. The highest BCUT2D eigenvalue weighted by Gasteiger charge is 2.47. The van der Waals surface area contributed by atoms with Gasteiger partial charge in [0.15, 0.2) is 11.5 Å². The number of carboxylic acid groups (broad SMARTS) is 1. The lowest BCUT2D eigenvalue weighted by Crippen LogP contribution is -2.46. The number of rotatable bonds is 14. The first-order chi connectivity index (χ1) is 18.2. The summed E-state index contributed by atoms with van der Waals surface area (Å²) in [4.78, 5) is 43.3. The van der Waals surface area contributed by atoms with E-state index in [2.05, 4.69) is 6.92 Å². The number of unbranched alkanes of at least 4 members (excludes halogenated alkanes) is 1. The lowest BCUT2D eigenvalue weighted by atomic mass is 9.83. The van der Waals surface area contributed by atoms with Gasteiger partial charge in [0.2, 0.25) is 18.6 Å². The van der Waals surface area contributed by atoms with E-state index in [4.69, 9.17) is 15.2 Å². The third-order valence-corrected chi connectivity index (χ3v) is 7.61. The number of benzene rings is 1. The Morgan fingerprint density at radius 2 is 1.89 bits per heavy atom.